The molecule has 0 heterocycles. The highest BCUT2D eigenvalue weighted by atomic mass is 16.6. The molecule has 0 rings (SSSR count). The predicted octanol–water partition coefficient (Wildman–Crippen LogP) is 21.2. The number of ether oxygens (including phenoxy) is 3. The van der Waals surface area contributed by atoms with Gasteiger partial charge in [-0.3, -0.25) is 14.4 Å². The molecule has 0 aromatic heterocycles. The minimum Gasteiger partial charge on any atom is -0.462 e. The Labute approximate surface area is 447 Å². The Morgan fingerprint density at radius 2 is 0.556 bits per heavy atom. The van der Waals surface area contributed by atoms with Crippen LogP contribution >= 0.6 is 0 Å². The van der Waals surface area contributed by atoms with Gasteiger partial charge in [0.15, 0.2) is 6.10 Å². The topological polar surface area (TPSA) is 78.9 Å². The Morgan fingerprint density at radius 3 is 0.889 bits per heavy atom. The van der Waals surface area contributed by atoms with Crippen LogP contribution in [0, 0.1) is 0 Å². The summed E-state index contributed by atoms with van der Waals surface area (Å²) in [6.45, 7) is 6.50. The van der Waals surface area contributed by atoms with Crippen molar-refractivity contribution in [3.63, 3.8) is 0 Å². The molecule has 6 nitrogen and oxygen atoms in total. The smallest absolute Gasteiger partial charge is 0.306 e. The zero-order valence-electron chi connectivity index (χ0n) is 47.9. The quantitative estimate of drug-likeness (QED) is 0.0261. The molecule has 0 fully saturated rings. The first-order valence-electron chi connectivity index (χ1n) is 31.3. The number of esters is 3. The van der Waals surface area contributed by atoms with Crippen molar-refractivity contribution in [3.8, 4) is 0 Å². The molecule has 0 aliphatic heterocycles. The molecule has 0 radical (unpaired) electrons. The van der Waals surface area contributed by atoms with Gasteiger partial charge in [0.25, 0.3) is 0 Å². The predicted molar refractivity (Wildman–Crippen MR) is 312 cm³/mol. The van der Waals surface area contributed by atoms with Crippen LogP contribution < -0.4 is 0 Å². The maximum atomic E-state index is 12.9. The molecule has 6 heteroatoms. The van der Waals surface area contributed by atoms with Crippen molar-refractivity contribution in [2.75, 3.05) is 13.2 Å². The molecule has 0 aromatic carbocycles. The highest BCUT2D eigenvalue weighted by molar-refractivity contribution is 5.71. The molecule has 0 aromatic rings. The second-order valence-electron chi connectivity index (χ2n) is 20.9. The van der Waals surface area contributed by atoms with Crippen LogP contribution in [0.5, 0.6) is 0 Å². The summed E-state index contributed by atoms with van der Waals surface area (Å²) in [5.74, 6) is -0.900. The number of allylic oxidation sites excluding steroid dienone is 10. The molecule has 1 atom stereocenters. The summed E-state index contributed by atoms with van der Waals surface area (Å²) < 4.78 is 16.9. The number of hydrogen-bond acceptors (Lipinski definition) is 6. The van der Waals surface area contributed by atoms with E-state index in [0.29, 0.717) is 19.3 Å². The lowest BCUT2D eigenvalue weighted by atomic mass is 10.0. The van der Waals surface area contributed by atoms with Gasteiger partial charge in [-0.15, -0.1) is 0 Å². The van der Waals surface area contributed by atoms with Crippen LogP contribution in [0.25, 0.3) is 0 Å². The van der Waals surface area contributed by atoms with Crippen LogP contribution in [-0.4, -0.2) is 37.2 Å². The van der Waals surface area contributed by atoms with Crippen molar-refractivity contribution >= 4 is 17.9 Å². The minimum absolute atomic E-state index is 0.0832. The van der Waals surface area contributed by atoms with E-state index in [1.54, 1.807) is 0 Å². The fraction of sp³-hybridized carbons (Fsp3) is 0.803. The molecule has 0 saturated heterocycles. The molecule has 0 aliphatic rings. The number of carbonyl (C=O) groups excluding carboxylic acids is 3. The summed E-state index contributed by atoms with van der Waals surface area (Å²) in [5, 5.41) is 0. The Balaban J connectivity index is 4.26. The van der Waals surface area contributed by atoms with Crippen molar-refractivity contribution in [1.29, 1.82) is 0 Å². The van der Waals surface area contributed by atoms with Gasteiger partial charge in [-0.25, -0.2) is 0 Å². The van der Waals surface area contributed by atoms with Crippen LogP contribution in [0.3, 0.4) is 0 Å². The van der Waals surface area contributed by atoms with Crippen LogP contribution in [0.1, 0.15) is 323 Å². The number of rotatable bonds is 57. The maximum absolute atomic E-state index is 12.9. The standard InChI is InChI=1S/C66H118O6/c1-4-7-10-13-16-19-22-25-28-29-30-31-32-33-34-35-36-37-39-41-44-47-50-53-56-59-65(68)71-62-63(61-70-64(67)58-55-52-49-46-43-40-27-24-21-18-15-12-9-6-3)72-66(69)60-57-54-51-48-45-42-38-26-23-20-17-14-11-8-5-2/h8,11,15,17-18,20,24,26-27,38,63H,4-7,9-10,12-14,16,19,21-23,25,28-37,39-62H2,1-3H3/b11-8-,18-15-,20-17-,27-24-,38-26-. The normalized spacial score (nSPS) is 12.4. The molecular formula is C66H118O6. The maximum Gasteiger partial charge on any atom is 0.306 e. The molecule has 0 amide bonds. The van der Waals surface area contributed by atoms with E-state index in [9.17, 15) is 14.4 Å². The lowest BCUT2D eigenvalue weighted by Gasteiger charge is -2.18. The monoisotopic (exact) mass is 1010 g/mol. The lowest BCUT2D eigenvalue weighted by Crippen LogP contribution is -2.30. The van der Waals surface area contributed by atoms with Gasteiger partial charge in [0.05, 0.1) is 0 Å². The van der Waals surface area contributed by atoms with E-state index in [-0.39, 0.29) is 31.1 Å². The number of carbonyl (C=O) groups is 3. The van der Waals surface area contributed by atoms with Gasteiger partial charge in [0.2, 0.25) is 0 Å². The van der Waals surface area contributed by atoms with E-state index in [1.807, 2.05) is 0 Å². The van der Waals surface area contributed by atoms with Crippen LogP contribution in [0.15, 0.2) is 60.8 Å². The van der Waals surface area contributed by atoms with E-state index in [0.717, 1.165) is 116 Å². The molecule has 0 saturated carbocycles. The van der Waals surface area contributed by atoms with Gasteiger partial charge in [-0.2, -0.15) is 0 Å². The Bertz CT molecular complexity index is 1290. The van der Waals surface area contributed by atoms with Gasteiger partial charge < -0.3 is 14.2 Å². The van der Waals surface area contributed by atoms with Crippen LogP contribution in [0.4, 0.5) is 0 Å². The molecule has 418 valence electrons. The number of hydrogen-bond donors (Lipinski definition) is 0. The average molecular weight is 1010 g/mol. The summed E-state index contributed by atoms with van der Waals surface area (Å²) in [7, 11) is 0. The first-order chi connectivity index (χ1) is 35.5. The van der Waals surface area contributed by atoms with Crippen LogP contribution in [0.2, 0.25) is 0 Å². The number of unbranched alkanes of at least 4 members (excludes halogenated alkanes) is 36. The first kappa shape index (κ1) is 69.1. The zero-order chi connectivity index (χ0) is 52.2. The third-order valence-corrected chi connectivity index (χ3v) is 13.8. The van der Waals surface area contributed by atoms with Gasteiger partial charge >= 0.3 is 17.9 Å². The van der Waals surface area contributed by atoms with Crippen molar-refractivity contribution in [2.24, 2.45) is 0 Å². The molecule has 1 unspecified atom stereocenters. The van der Waals surface area contributed by atoms with Crippen LogP contribution in [-0.2, 0) is 28.6 Å². The summed E-state index contributed by atoms with van der Waals surface area (Å²) >= 11 is 0. The van der Waals surface area contributed by atoms with Gasteiger partial charge in [-0.1, -0.05) is 287 Å². The first-order valence-corrected chi connectivity index (χ1v) is 31.3. The second-order valence-corrected chi connectivity index (χ2v) is 20.9. The Morgan fingerprint density at radius 1 is 0.292 bits per heavy atom. The fourth-order valence-corrected chi connectivity index (χ4v) is 9.06. The van der Waals surface area contributed by atoms with E-state index >= 15 is 0 Å². The highest BCUT2D eigenvalue weighted by Crippen LogP contribution is 2.17. The van der Waals surface area contributed by atoms with E-state index in [2.05, 4.69) is 81.5 Å². The zero-order valence-corrected chi connectivity index (χ0v) is 47.9. The molecular weight excluding hydrogens is 889 g/mol. The third kappa shape index (κ3) is 58.0. The SMILES string of the molecule is CC/C=C\C/C=C\C/C=C\CCCCCCCC(=O)OC(COC(=O)CCCCCCC/C=C\C/C=C\CCCC)COC(=O)CCCCCCCCCCCCCCCCCCCCCCCCCCC. The van der Waals surface area contributed by atoms with E-state index in [1.165, 1.54) is 167 Å². The molecule has 0 spiro atoms. The average Bonchev–Trinajstić information content (AvgIpc) is 3.38. The van der Waals surface area contributed by atoms with Crippen molar-refractivity contribution < 1.29 is 28.6 Å². The van der Waals surface area contributed by atoms with Gasteiger partial charge in [0.1, 0.15) is 13.2 Å². The second kappa shape index (κ2) is 60.7. The minimum atomic E-state index is -0.788. The summed E-state index contributed by atoms with van der Waals surface area (Å²) in [5.41, 5.74) is 0. The molecule has 0 N–H and O–H groups in total. The van der Waals surface area contributed by atoms with E-state index in [4.69, 9.17) is 14.2 Å². The molecule has 0 aliphatic carbocycles. The lowest BCUT2D eigenvalue weighted by molar-refractivity contribution is -0.167. The highest BCUT2D eigenvalue weighted by Gasteiger charge is 2.19. The molecule has 0 bridgehead atoms. The van der Waals surface area contributed by atoms with Crippen molar-refractivity contribution in [2.45, 2.75) is 329 Å². The molecule has 72 heavy (non-hydrogen) atoms. The van der Waals surface area contributed by atoms with Gasteiger partial charge in [-0.05, 0) is 77.0 Å². The largest absolute Gasteiger partial charge is 0.462 e. The Hall–Kier alpha value is -2.89. The third-order valence-electron chi connectivity index (χ3n) is 13.8. The van der Waals surface area contributed by atoms with Crippen molar-refractivity contribution in [3.05, 3.63) is 60.8 Å². The summed E-state index contributed by atoms with van der Waals surface area (Å²) in [6.07, 6.45) is 76.6. The van der Waals surface area contributed by atoms with E-state index < -0.39 is 6.10 Å². The fourth-order valence-electron chi connectivity index (χ4n) is 9.06. The van der Waals surface area contributed by atoms with Gasteiger partial charge in [0, 0.05) is 19.3 Å². The van der Waals surface area contributed by atoms with Crippen molar-refractivity contribution in [1.82, 2.24) is 0 Å². The summed E-state index contributed by atoms with van der Waals surface area (Å²) in [4.78, 5) is 38.2. The summed E-state index contributed by atoms with van der Waals surface area (Å²) in [6, 6.07) is 0. The Kier molecular flexibility index (Phi) is 58.2.